The molecule has 0 aliphatic heterocycles. The number of para-hydroxylation sites is 1. The summed E-state index contributed by atoms with van der Waals surface area (Å²) >= 11 is 0. The Morgan fingerprint density at radius 2 is 1.38 bits per heavy atom. The largest absolute Gasteiger partial charge is 0.510 e. The van der Waals surface area contributed by atoms with Crippen molar-refractivity contribution in [3.05, 3.63) is 139 Å². The number of benzene rings is 4. The summed E-state index contributed by atoms with van der Waals surface area (Å²) in [5.41, 5.74) is 7.49. The Hall–Kier alpha value is -4.47. The maximum atomic E-state index is 6.62. The van der Waals surface area contributed by atoms with Crippen LogP contribution in [-0.4, -0.2) is 14.1 Å². The number of hydrogen-bond acceptors (Lipinski definition) is 2. The van der Waals surface area contributed by atoms with Gasteiger partial charge >= 0.3 is 0 Å². The molecule has 6 heteroatoms. The molecule has 0 bridgehead atoms. The Labute approximate surface area is 310 Å². The topological polar surface area (TPSA) is 35.9 Å². The van der Waals surface area contributed by atoms with Crippen LogP contribution >= 0.6 is 0 Å². The molecular weight excluding hydrogens is 796 g/mol. The van der Waals surface area contributed by atoms with Crippen molar-refractivity contribution in [1.82, 2.24) is 14.1 Å². The van der Waals surface area contributed by atoms with Crippen molar-refractivity contribution in [2.45, 2.75) is 78.6 Å². The fourth-order valence-corrected chi connectivity index (χ4v) is 6.16. The molecule has 0 saturated heterocycles. The molecule has 5 nitrogen and oxygen atoms in total. The smallest absolute Gasteiger partial charge is 0.267 e. The van der Waals surface area contributed by atoms with Gasteiger partial charge in [0.1, 0.15) is 5.82 Å². The number of hydrogen-bond donors (Lipinski definition) is 0. The van der Waals surface area contributed by atoms with Crippen molar-refractivity contribution in [2.75, 3.05) is 0 Å². The van der Waals surface area contributed by atoms with Gasteiger partial charge in [-0.05, 0) is 68.8 Å². The first-order valence-electron chi connectivity index (χ1n) is 17.0. The molecule has 0 unspecified atom stereocenters. The fraction of sp³-hybridized carbons (Fsp3) is 0.273. The van der Waals surface area contributed by atoms with Crippen LogP contribution in [0, 0.1) is 18.5 Å². The zero-order chi connectivity index (χ0) is 34.7. The summed E-state index contributed by atoms with van der Waals surface area (Å²) in [7, 11) is 0. The summed E-state index contributed by atoms with van der Waals surface area (Å²) in [6.07, 6.45) is 9.45. The Bertz CT molecular complexity index is 2330. The van der Waals surface area contributed by atoms with Crippen LogP contribution in [0.25, 0.3) is 39.0 Å². The van der Waals surface area contributed by atoms with Crippen molar-refractivity contribution >= 4 is 21.8 Å². The minimum Gasteiger partial charge on any atom is -0.510 e. The first kappa shape index (κ1) is 35.4. The summed E-state index contributed by atoms with van der Waals surface area (Å²) in [4.78, 5) is 4.82. The van der Waals surface area contributed by atoms with Crippen molar-refractivity contribution in [3.8, 4) is 28.7 Å². The number of pyridine rings is 1. The van der Waals surface area contributed by atoms with Crippen LogP contribution in [0.5, 0.6) is 11.5 Å². The fourth-order valence-electron chi connectivity index (χ4n) is 6.16. The maximum Gasteiger partial charge on any atom is 0.267 e. The number of rotatable bonds is 5. The molecule has 0 radical (unpaired) electrons. The monoisotopic (exact) mass is 839 g/mol. The Kier molecular flexibility index (Phi) is 9.20. The van der Waals surface area contributed by atoms with E-state index >= 15 is 0 Å². The van der Waals surface area contributed by atoms with E-state index in [1.54, 1.807) is 0 Å². The predicted molar refractivity (Wildman–Crippen MR) is 199 cm³/mol. The van der Waals surface area contributed by atoms with Crippen molar-refractivity contribution in [2.24, 2.45) is 0 Å². The van der Waals surface area contributed by atoms with Crippen LogP contribution in [-0.2, 0) is 37.3 Å². The summed E-state index contributed by atoms with van der Waals surface area (Å²) in [5.74, 6) is 2.10. The van der Waals surface area contributed by atoms with Gasteiger partial charge in [0.15, 0.2) is 0 Å². The molecule has 0 atom stereocenters. The number of ether oxygens (including phenoxy) is 1. The van der Waals surface area contributed by atoms with Gasteiger partial charge in [-0.1, -0.05) is 98.2 Å². The minimum absolute atomic E-state index is 0. The second kappa shape index (κ2) is 13.0. The SMILES string of the molecule is CC(C)(C)c1cc(Oc2[c-]c3c(cc2)c2ccccc2n3-c2cc(C(C)(C)C)ccn2)[c-]c(-n2[c-][n+](-c3cccc(C(C)(C)C)c3)cc2)c1.[Pt]. The molecule has 7 rings (SSSR count). The molecule has 0 saturated carbocycles. The van der Waals surface area contributed by atoms with E-state index in [4.69, 9.17) is 9.72 Å². The van der Waals surface area contributed by atoms with Crippen LogP contribution < -0.4 is 9.30 Å². The van der Waals surface area contributed by atoms with Gasteiger partial charge in [-0.3, -0.25) is 4.57 Å². The summed E-state index contributed by atoms with van der Waals surface area (Å²) in [6.45, 7) is 20.0. The minimum atomic E-state index is -0.115. The van der Waals surface area contributed by atoms with E-state index in [1.807, 2.05) is 33.8 Å². The van der Waals surface area contributed by atoms with E-state index in [2.05, 4.69) is 164 Å². The second-order valence-corrected chi connectivity index (χ2v) is 16.0. The Morgan fingerprint density at radius 1 is 0.660 bits per heavy atom. The van der Waals surface area contributed by atoms with E-state index < -0.39 is 0 Å². The molecule has 0 aliphatic carbocycles. The van der Waals surface area contributed by atoms with Crippen LogP contribution in [0.3, 0.4) is 0 Å². The molecule has 50 heavy (non-hydrogen) atoms. The van der Waals surface area contributed by atoms with E-state index in [-0.39, 0.29) is 37.3 Å². The molecule has 0 aliphatic rings. The normalized spacial score (nSPS) is 12.3. The second-order valence-electron chi connectivity index (χ2n) is 16.0. The summed E-state index contributed by atoms with van der Waals surface area (Å²) in [6, 6.07) is 36.8. The zero-order valence-corrected chi connectivity index (χ0v) is 32.6. The third-order valence-corrected chi connectivity index (χ3v) is 9.14. The van der Waals surface area contributed by atoms with E-state index in [9.17, 15) is 0 Å². The molecule has 3 aromatic heterocycles. The third kappa shape index (κ3) is 6.94. The average molecular weight is 840 g/mol. The van der Waals surface area contributed by atoms with Gasteiger partial charge in [-0.15, -0.1) is 29.7 Å². The first-order chi connectivity index (χ1) is 23.1. The van der Waals surface area contributed by atoms with Gasteiger partial charge in [0.2, 0.25) is 0 Å². The molecule has 0 fully saturated rings. The molecule has 0 spiro atoms. The van der Waals surface area contributed by atoms with Crippen molar-refractivity contribution in [1.29, 1.82) is 0 Å². The quantitative estimate of drug-likeness (QED) is 0.128. The molecule has 0 N–H and O–H groups in total. The van der Waals surface area contributed by atoms with Gasteiger partial charge < -0.3 is 13.9 Å². The van der Waals surface area contributed by atoms with E-state index in [1.165, 1.54) is 11.1 Å². The molecule has 7 aromatic rings. The summed E-state index contributed by atoms with van der Waals surface area (Å²) < 4.78 is 12.8. The maximum absolute atomic E-state index is 6.62. The van der Waals surface area contributed by atoms with Gasteiger partial charge in [0.25, 0.3) is 6.33 Å². The first-order valence-corrected chi connectivity index (χ1v) is 17.0. The van der Waals surface area contributed by atoms with Crippen LogP contribution in [0.4, 0.5) is 0 Å². The average Bonchev–Trinajstić information content (AvgIpc) is 3.67. The van der Waals surface area contributed by atoms with Crippen molar-refractivity contribution in [3.63, 3.8) is 0 Å². The standard InChI is InChI=1S/C44H44N4O.Pt/c1-42(2,3)30-13-12-14-33(23-30)46-21-22-47(29-46)34-24-32(44(7,8)9)25-36(27-34)49-35-17-18-38-37-15-10-11-16-39(37)48(40(38)28-35)41-26-31(19-20-45-41)43(4,5)6;/h10-26H,1-9H3;/q-2;. The third-order valence-electron chi connectivity index (χ3n) is 9.14. The molecular formula is C44H44N4OPt-2. The predicted octanol–water partition coefficient (Wildman–Crippen LogP) is 10.3. The van der Waals surface area contributed by atoms with E-state index in [0.717, 1.165) is 44.6 Å². The van der Waals surface area contributed by atoms with Gasteiger partial charge in [0, 0.05) is 56.7 Å². The Morgan fingerprint density at radius 3 is 2.12 bits per heavy atom. The van der Waals surface area contributed by atoms with Gasteiger partial charge in [-0.25, -0.2) is 4.98 Å². The molecule has 4 aromatic carbocycles. The van der Waals surface area contributed by atoms with Crippen LogP contribution in [0.1, 0.15) is 79.0 Å². The molecule has 3 heterocycles. The van der Waals surface area contributed by atoms with Crippen LogP contribution in [0.15, 0.2) is 104 Å². The number of fused-ring (bicyclic) bond motifs is 3. The number of aromatic nitrogens is 4. The van der Waals surface area contributed by atoms with Crippen LogP contribution in [0.2, 0.25) is 0 Å². The van der Waals surface area contributed by atoms with Crippen molar-refractivity contribution < 1.29 is 30.4 Å². The number of imidazole rings is 1. The van der Waals surface area contributed by atoms with Gasteiger partial charge in [0.05, 0.1) is 5.69 Å². The summed E-state index contributed by atoms with van der Waals surface area (Å²) in [5, 5.41) is 2.25. The Balaban J connectivity index is 0.00000432. The molecule has 258 valence electrons. The zero-order valence-electron chi connectivity index (χ0n) is 30.3. The van der Waals surface area contributed by atoms with E-state index in [0.29, 0.717) is 11.5 Å². The van der Waals surface area contributed by atoms with Gasteiger partial charge in [-0.2, -0.15) is 17.7 Å². The molecule has 0 amide bonds. The number of nitrogens with zero attached hydrogens (tertiary/aromatic N) is 4.